The van der Waals surface area contributed by atoms with Gasteiger partial charge in [0.2, 0.25) is 5.91 Å². The van der Waals surface area contributed by atoms with E-state index < -0.39 is 0 Å². The Morgan fingerprint density at radius 3 is 2.96 bits per heavy atom. The second kappa shape index (κ2) is 7.87. The average Bonchev–Trinajstić information content (AvgIpc) is 3.24. The molecule has 7 nitrogen and oxygen atoms in total. The van der Waals surface area contributed by atoms with Crippen LogP contribution in [-0.2, 0) is 11.3 Å². The van der Waals surface area contributed by atoms with Gasteiger partial charge in [0.05, 0.1) is 25.7 Å². The van der Waals surface area contributed by atoms with Crippen LogP contribution >= 0.6 is 11.8 Å². The summed E-state index contributed by atoms with van der Waals surface area (Å²) < 4.78 is 12.7. The van der Waals surface area contributed by atoms with Crippen molar-refractivity contribution >= 4 is 23.4 Å². The molecule has 0 unspecified atom stereocenters. The van der Waals surface area contributed by atoms with Crippen molar-refractivity contribution < 1.29 is 13.9 Å². The van der Waals surface area contributed by atoms with E-state index in [0.29, 0.717) is 23.9 Å². The van der Waals surface area contributed by atoms with Crippen molar-refractivity contribution in [2.75, 3.05) is 18.2 Å². The number of amides is 1. The van der Waals surface area contributed by atoms with Gasteiger partial charge in [-0.25, -0.2) is 0 Å². The Labute approximate surface area is 161 Å². The number of aromatic nitrogens is 3. The molecule has 0 bridgehead atoms. The molecule has 1 aliphatic rings. The van der Waals surface area contributed by atoms with E-state index in [1.165, 1.54) is 11.8 Å². The molecule has 0 spiro atoms. The van der Waals surface area contributed by atoms with Crippen molar-refractivity contribution in [3.63, 3.8) is 0 Å². The summed E-state index contributed by atoms with van der Waals surface area (Å²) in [6, 6.07) is 11.1. The van der Waals surface area contributed by atoms with E-state index in [0.717, 1.165) is 29.6 Å². The van der Waals surface area contributed by atoms with E-state index in [1.54, 1.807) is 19.4 Å². The predicted molar refractivity (Wildman–Crippen MR) is 102 cm³/mol. The fourth-order valence-electron chi connectivity index (χ4n) is 2.79. The van der Waals surface area contributed by atoms with Crippen LogP contribution in [0.1, 0.15) is 30.3 Å². The normalized spacial score (nSPS) is 13.5. The van der Waals surface area contributed by atoms with Crippen LogP contribution in [0.2, 0.25) is 0 Å². The molecule has 8 heteroatoms. The first-order chi connectivity index (χ1) is 13.2. The molecule has 2 aromatic heterocycles. The number of anilines is 1. The maximum absolute atomic E-state index is 12.3. The van der Waals surface area contributed by atoms with Crippen molar-refractivity contribution in [3.05, 3.63) is 54.2 Å². The smallest absolute Gasteiger partial charge is 0.234 e. The summed E-state index contributed by atoms with van der Waals surface area (Å²) in [4.78, 5) is 12.3. The van der Waals surface area contributed by atoms with Crippen LogP contribution in [0, 0.1) is 0 Å². The summed E-state index contributed by atoms with van der Waals surface area (Å²) in [7, 11) is 1.60. The monoisotopic (exact) mass is 384 g/mol. The number of nitrogens with one attached hydrogen (secondary N) is 1. The van der Waals surface area contributed by atoms with Crippen molar-refractivity contribution in [2.45, 2.75) is 30.5 Å². The van der Waals surface area contributed by atoms with Gasteiger partial charge in [-0.3, -0.25) is 9.36 Å². The minimum Gasteiger partial charge on any atom is -0.497 e. The second-order valence-electron chi connectivity index (χ2n) is 6.35. The summed E-state index contributed by atoms with van der Waals surface area (Å²) in [5.41, 5.74) is 0.704. The fraction of sp³-hybridized carbons (Fsp3) is 0.316. The molecular formula is C19H20N4O3S. The average molecular weight is 384 g/mol. The van der Waals surface area contributed by atoms with Crippen LogP contribution in [0.25, 0.3) is 0 Å². The van der Waals surface area contributed by atoms with E-state index >= 15 is 0 Å². The molecule has 0 atom stereocenters. The zero-order valence-corrected chi connectivity index (χ0v) is 15.7. The number of furan rings is 1. The molecule has 1 aliphatic carbocycles. The first-order valence-electron chi connectivity index (χ1n) is 8.75. The van der Waals surface area contributed by atoms with Crippen LogP contribution in [0.15, 0.2) is 52.2 Å². The lowest BCUT2D eigenvalue weighted by Gasteiger charge is -2.09. The highest BCUT2D eigenvalue weighted by atomic mass is 32.2. The third-order valence-corrected chi connectivity index (χ3v) is 5.23. The van der Waals surface area contributed by atoms with E-state index in [-0.39, 0.29) is 11.7 Å². The lowest BCUT2D eigenvalue weighted by atomic mass is 10.3. The molecule has 2 heterocycles. The third-order valence-electron chi connectivity index (χ3n) is 4.27. The number of thioether (sulfide) groups is 1. The van der Waals surface area contributed by atoms with E-state index in [4.69, 9.17) is 9.15 Å². The lowest BCUT2D eigenvalue weighted by Crippen LogP contribution is -2.15. The molecule has 1 amide bonds. The highest BCUT2D eigenvalue weighted by Crippen LogP contribution is 2.40. The quantitative estimate of drug-likeness (QED) is 0.598. The molecule has 27 heavy (non-hydrogen) atoms. The van der Waals surface area contributed by atoms with Gasteiger partial charge in [-0.2, -0.15) is 0 Å². The Hall–Kier alpha value is -2.74. The number of nitrogens with zero attached hydrogens (tertiary/aromatic N) is 3. The highest BCUT2D eigenvalue weighted by Gasteiger charge is 2.30. The molecule has 140 valence electrons. The van der Waals surface area contributed by atoms with Gasteiger partial charge in [-0.05, 0) is 37.1 Å². The predicted octanol–water partition coefficient (Wildman–Crippen LogP) is 3.54. The minimum absolute atomic E-state index is 0.103. The Balaban J connectivity index is 1.42. The van der Waals surface area contributed by atoms with Gasteiger partial charge in [-0.15, -0.1) is 10.2 Å². The van der Waals surface area contributed by atoms with E-state index in [2.05, 4.69) is 20.1 Å². The molecule has 1 saturated carbocycles. The molecule has 1 fully saturated rings. The number of hydrogen-bond acceptors (Lipinski definition) is 6. The fourth-order valence-corrected chi connectivity index (χ4v) is 3.53. The van der Waals surface area contributed by atoms with Crippen molar-refractivity contribution in [3.8, 4) is 5.75 Å². The van der Waals surface area contributed by atoms with Crippen LogP contribution in [-0.4, -0.2) is 33.5 Å². The SMILES string of the molecule is COc1cccc(NC(=O)CSc2nnc(C3CC3)n2Cc2ccco2)c1. The summed E-state index contributed by atoms with van der Waals surface area (Å²) in [6.45, 7) is 0.575. The molecule has 0 saturated heterocycles. The number of methoxy groups -OCH3 is 1. The van der Waals surface area contributed by atoms with Crippen LogP contribution in [0.4, 0.5) is 5.69 Å². The van der Waals surface area contributed by atoms with Gasteiger partial charge < -0.3 is 14.5 Å². The number of ether oxygens (including phenoxy) is 1. The molecule has 3 aromatic rings. The first-order valence-corrected chi connectivity index (χ1v) is 9.73. The summed E-state index contributed by atoms with van der Waals surface area (Å²) in [5.74, 6) is 3.13. The zero-order chi connectivity index (χ0) is 18.6. The number of rotatable bonds is 8. The Morgan fingerprint density at radius 1 is 1.33 bits per heavy atom. The largest absolute Gasteiger partial charge is 0.497 e. The van der Waals surface area contributed by atoms with E-state index in [1.807, 2.05) is 30.3 Å². The van der Waals surface area contributed by atoms with Crippen LogP contribution in [0.5, 0.6) is 5.75 Å². The minimum atomic E-state index is -0.103. The standard InChI is InChI=1S/C19H20N4O3S/c1-25-15-5-2-4-14(10-15)20-17(24)12-27-19-22-21-18(13-7-8-13)23(19)11-16-6-3-9-26-16/h2-6,9-10,13H,7-8,11-12H2,1H3,(H,20,24). The molecule has 1 aromatic carbocycles. The number of benzene rings is 1. The van der Waals surface area contributed by atoms with Crippen LogP contribution < -0.4 is 10.1 Å². The zero-order valence-electron chi connectivity index (χ0n) is 14.9. The molecule has 0 radical (unpaired) electrons. The molecule has 0 aliphatic heterocycles. The lowest BCUT2D eigenvalue weighted by molar-refractivity contribution is -0.113. The molecule has 4 rings (SSSR count). The number of hydrogen-bond donors (Lipinski definition) is 1. The van der Waals surface area contributed by atoms with Gasteiger partial charge in [-0.1, -0.05) is 17.8 Å². The number of carbonyl (C=O) groups excluding carboxylic acids is 1. The van der Waals surface area contributed by atoms with E-state index in [9.17, 15) is 4.79 Å². The Bertz CT molecular complexity index is 919. The van der Waals surface area contributed by atoms with Gasteiger partial charge in [0.25, 0.3) is 0 Å². The second-order valence-corrected chi connectivity index (χ2v) is 7.29. The Morgan fingerprint density at radius 2 is 2.22 bits per heavy atom. The Kier molecular flexibility index (Phi) is 5.15. The maximum Gasteiger partial charge on any atom is 0.234 e. The maximum atomic E-state index is 12.3. The topological polar surface area (TPSA) is 82.2 Å². The van der Waals surface area contributed by atoms with Crippen molar-refractivity contribution in [2.24, 2.45) is 0 Å². The van der Waals surface area contributed by atoms with Crippen molar-refractivity contribution in [1.82, 2.24) is 14.8 Å². The first kappa shape index (κ1) is 17.7. The summed E-state index contributed by atoms with van der Waals surface area (Å²) in [6.07, 6.45) is 3.93. The highest BCUT2D eigenvalue weighted by molar-refractivity contribution is 7.99. The van der Waals surface area contributed by atoms with Crippen molar-refractivity contribution in [1.29, 1.82) is 0 Å². The van der Waals surface area contributed by atoms with Gasteiger partial charge >= 0.3 is 0 Å². The number of carbonyl (C=O) groups is 1. The van der Waals surface area contributed by atoms with Crippen LogP contribution in [0.3, 0.4) is 0 Å². The van der Waals surface area contributed by atoms with Gasteiger partial charge in [0.1, 0.15) is 17.3 Å². The summed E-state index contributed by atoms with van der Waals surface area (Å²) >= 11 is 1.38. The molecule has 1 N–H and O–H groups in total. The van der Waals surface area contributed by atoms with Gasteiger partial charge in [0.15, 0.2) is 5.16 Å². The summed E-state index contributed by atoms with van der Waals surface area (Å²) in [5, 5.41) is 12.3. The molecular weight excluding hydrogens is 364 g/mol. The third kappa shape index (κ3) is 4.33. The van der Waals surface area contributed by atoms with Gasteiger partial charge in [0, 0.05) is 17.7 Å².